The molecular weight excluding hydrogens is 275 g/mol. The lowest BCUT2D eigenvalue weighted by molar-refractivity contribution is 0.102. The number of amides is 1. The molecule has 0 fully saturated rings. The largest absolute Gasteiger partial charge is 0.507 e. The fraction of sp³-hybridized carbons (Fsp3) is 0.0667. The number of aromatic hydroxyl groups is 1. The average Bonchev–Trinajstić information content (AvgIpc) is 2.49. The molecule has 6 heteroatoms. The van der Waals surface area contributed by atoms with Crippen LogP contribution in [0.4, 0.5) is 10.1 Å². The Morgan fingerprint density at radius 3 is 2.76 bits per heavy atom. The highest BCUT2D eigenvalue weighted by molar-refractivity contribution is 6.06. The van der Waals surface area contributed by atoms with Gasteiger partial charge in [-0.15, -0.1) is 0 Å². The number of nitriles is 1. The molecule has 0 aromatic heterocycles. The van der Waals surface area contributed by atoms with Gasteiger partial charge < -0.3 is 15.2 Å². The molecule has 1 amide bonds. The zero-order valence-corrected chi connectivity index (χ0v) is 11.1. The van der Waals surface area contributed by atoms with Crippen LogP contribution in [0.15, 0.2) is 36.4 Å². The van der Waals surface area contributed by atoms with Crippen molar-refractivity contribution in [2.24, 2.45) is 0 Å². The zero-order chi connectivity index (χ0) is 15.4. The van der Waals surface area contributed by atoms with Crippen molar-refractivity contribution < 1.29 is 19.0 Å². The summed E-state index contributed by atoms with van der Waals surface area (Å²) in [5.74, 6) is -1.36. The molecule has 106 valence electrons. The van der Waals surface area contributed by atoms with Crippen molar-refractivity contribution in [1.29, 1.82) is 5.26 Å². The number of methoxy groups -OCH3 is 1. The van der Waals surface area contributed by atoms with Gasteiger partial charge in [0.25, 0.3) is 5.91 Å². The second kappa shape index (κ2) is 5.92. The highest BCUT2D eigenvalue weighted by atomic mass is 19.1. The molecule has 5 nitrogen and oxygen atoms in total. The van der Waals surface area contributed by atoms with E-state index >= 15 is 0 Å². The highest BCUT2D eigenvalue weighted by Gasteiger charge is 2.14. The number of anilines is 1. The predicted octanol–water partition coefficient (Wildman–Crippen LogP) is 2.66. The number of hydrogen-bond acceptors (Lipinski definition) is 4. The molecule has 0 saturated carbocycles. The van der Waals surface area contributed by atoms with Crippen molar-refractivity contribution in [3.8, 4) is 17.6 Å². The van der Waals surface area contributed by atoms with Gasteiger partial charge in [0, 0.05) is 6.07 Å². The van der Waals surface area contributed by atoms with Crippen LogP contribution >= 0.6 is 0 Å². The summed E-state index contributed by atoms with van der Waals surface area (Å²) >= 11 is 0. The van der Waals surface area contributed by atoms with Gasteiger partial charge in [0.15, 0.2) is 0 Å². The molecule has 2 aromatic carbocycles. The van der Waals surface area contributed by atoms with E-state index in [-0.39, 0.29) is 11.3 Å². The van der Waals surface area contributed by atoms with Gasteiger partial charge in [-0.05, 0) is 30.3 Å². The number of phenolic OH excluding ortho intramolecular Hbond substituents is 1. The average molecular weight is 286 g/mol. The third-order valence-corrected chi connectivity index (χ3v) is 2.78. The normalized spacial score (nSPS) is 9.76. The van der Waals surface area contributed by atoms with Crippen molar-refractivity contribution in [1.82, 2.24) is 0 Å². The number of nitrogens with one attached hydrogen (secondary N) is 1. The molecule has 0 aliphatic heterocycles. The minimum Gasteiger partial charge on any atom is -0.507 e. The van der Waals surface area contributed by atoms with Gasteiger partial charge in [0.1, 0.15) is 17.3 Å². The first-order valence-corrected chi connectivity index (χ1v) is 5.93. The molecule has 0 atom stereocenters. The molecule has 0 saturated heterocycles. The second-order valence-electron chi connectivity index (χ2n) is 4.14. The maximum atomic E-state index is 13.1. The summed E-state index contributed by atoms with van der Waals surface area (Å²) in [4.78, 5) is 12.1. The van der Waals surface area contributed by atoms with Gasteiger partial charge in [-0.25, -0.2) is 4.39 Å². The standard InChI is InChI=1S/C15H11FN2O3/c1-21-14-6-9(8-17)2-4-12(14)18-15(20)11-7-10(16)3-5-13(11)19/h2-7,19H,1H3,(H,18,20). The fourth-order valence-corrected chi connectivity index (χ4v) is 1.74. The zero-order valence-electron chi connectivity index (χ0n) is 11.1. The maximum Gasteiger partial charge on any atom is 0.259 e. The van der Waals surface area contributed by atoms with Gasteiger partial charge in [0.05, 0.1) is 30.0 Å². The van der Waals surface area contributed by atoms with Gasteiger partial charge in [-0.2, -0.15) is 5.26 Å². The molecule has 0 spiro atoms. The molecule has 2 N–H and O–H groups in total. The summed E-state index contributed by atoms with van der Waals surface area (Å²) < 4.78 is 18.2. The van der Waals surface area contributed by atoms with Crippen LogP contribution in [0.3, 0.4) is 0 Å². The van der Waals surface area contributed by atoms with Crippen molar-refractivity contribution in [3.05, 3.63) is 53.3 Å². The number of benzene rings is 2. The van der Waals surface area contributed by atoms with E-state index in [9.17, 15) is 14.3 Å². The summed E-state index contributed by atoms with van der Waals surface area (Å²) in [7, 11) is 1.39. The monoisotopic (exact) mass is 286 g/mol. The van der Waals surface area contributed by atoms with Crippen LogP contribution in [0, 0.1) is 17.1 Å². The number of ether oxygens (including phenoxy) is 1. The molecule has 0 aliphatic rings. The number of carbonyl (C=O) groups is 1. The molecule has 2 aromatic rings. The van der Waals surface area contributed by atoms with E-state index in [0.29, 0.717) is 17.0 Å². The van der Waals surface area contributed by atoms with E-state index in [1.165, 1.54) is 25.3 Å². The van der Waals surface area contributed by atoms with Crippen molar-refractivity contribution in [3.63, 3.8) is 0 Å². The molecular formula is C15H11FN2O3. The number of halogens is 1. The quantitative estimate of drug-likeness (QED) is 0.908. The SMILES string of the molecule is COc1cc(C#N)ccc1NC(=O)c1cc(F)ccc1O. The molecule has 0 aliphatic carbocycles. The first kappa shape index (κ1) is 14.3. The number of rotatable bonds is 3. The Morgan fingerprint density at radius 2 is 2.10 bits per heavy atom. The van der Waals surface area contributed by atoms with Gasteiger partial charge in [-0.3, -0.25) is 4.79 Å². The smallest absolute Gasteiger partial charge is 0.259 e. The lowest BCUT2D eigenvalue weighted by atomic mass is 10.1. The Labute approximate surface area is 120 Å². The van der Waals surface area contributed by atoms with Gasteiger partial charge in [-0.1, -0.05) is 0 Å². The summed E-state index contributed by atoms with van der Waals surface area (Å²) in [6, 6.07) is 9.48. The minimum atomic E-state index is -0.685. The van der Waals surface area contributed by atoms with Crippen LogP contribution in [-0.2, 0) is 0 Å². The third kappa shape index (κ3) is 3.09. The summed E-state index contributed by atoms with van der Waals surface area (Å²) in [6.45, 7) is 0. The lowest BCUT2D eigenvalue weighted by Gasteiger charge is -2.11. The van der Waals surface area contributed by atoms with Crippen LogP contribution in [0.2, 0.25) is 0 Å². The minimum absolute atomic E-state index is 0.193. The Bertz CT molecular complexity index is 738. The van der Waals surface area contributed by atoms with Crippen molar-refractivity contribution >= 4 is 11.6 Å². The van der Waals surface area contributed by atoms with E-state index in [2.05, 4.69) is 5.32 Å². The summed E-state index contributed by atoms with van der Waals surface area (Å²) in [6.07, 6.45) is 0. The number of carbonyl (C=O) groups excluding carboxylic acids is 1. The third-order valence-electron chi connectivity index (χ3n) is 2.78. The van der Waals surface area contributed by atoms with E-state index in [1.807, 2.05) is 6.07 Å². The number of hydrogen-bond donors (Lipinski definition) is 2. The topological polar surface area (TPSA) is 82.3 Å². The molecule has 0 heterocycles. The van der Waals surface area contributed by atoms with E-state index in [4.69, 9.17) is 10.00 Å². The van der Waals surface area contributed by atoms with Crippen LogP contribution in [-0.4, -0.2) is 18.1 Å². The van der Waals surface area contributed by atoms with Crippen molar-refractivity contribution in [2.45, 2.75) is 0 Å². The van der Waals surface area contributed by atoms with Gasteiger partial charge >= 0.3 is 0 Å². The van der Waals surface area contributed by atoms with E-state index in [0.717, 1.165) is 18.2 Å². The second-order valence-corrected chi connectivity index (χ2v) is 4.14. The Balaban J connectivity index is 2.32. The molecule has 0 bridgehead atoms. The predicted molar refractivity (Wildman–Crippen MR) is 73.7 cm³/mol. The molecule has 2 rings (SSSR count). The molecule has 21 heavy (non-hydrogen) atoms. The Morgan fingerprint density at radius 1 is 1.33 bits per heavy atom. The first-order valence-electron chi connectivity index (χ1n) is 5.93. The highest BCUT2D eigenvalue weighted by Crippen LogP contribution is 2.27. The van der Waals surface area contributed by atoms with E-state index in [1.54, 1.807) is 0 Å². The number of phenols is 1. The Hall–Kier alpha value is -3.07. The van der Waals surface area contributed by atoms with Crippen LogP contribution in [0.1, 0.15) is 15.9 Å². The van der Waals surface area contributed by atoms with Crippen molar-refractivity contribution in [2.75, 3.05) is 12.4 Å². The number of nitrogens with zero attached hydrogens (tertiary/aromatic N) is 1. The van der Waals surface area contributed by atoms with Crippen LogP contribution in [0.25, 0.3) is 0 Å². The van der Waals surface area contributed by atoms with Gasteiger partial charge in [0.2, 0.25) is 0 Å². The Kier molecular flexibility index (Phi) is 4.05. The summed E-state index contributed by atoms with van der Waals surface area (Å²) in [5, 5.41) is 20.9. The maximum absolute atomic E-state index is 13.1. The summed E-state index contributed by atoms with van der Waals surface area (Å²) in [5.41, 5.74) is 0.491. The van der Waals surface area contributed by atoms with Crippen LogP contribution < -0.4 is 10.1 Å². The molecule has 0 radical (unpaired) electrons. The first-order chi connectivity index (χ1) is 10.0. The lowest BCUT2D eigenvalue weighted by Crippen LogP contribution is -2.13. The fourth-order valence-electron chi connectivity index (χ4n) is 1.74. The van der Waals surface area contributed by atoms with E-state index < -0.39 is 11.7 Å². The molecule has 0 unspecified atom stereocenters. The van der Waals surface area contributed by atoms with Crippen LogP contribution in [0.5, 0.6) is 11.5 Å².